The van der Waals surface area contributed by atoms with Gasteiger partial charge in [0.15, 0.2) is 11.6 Å². The first-order valence-electron chi connectivity index (χ1n) is 4.07. The molecule has 0 fully saturated rings. The number of hydrogen-bond acceptors (Lipinski definition) is 3. The molecule has 1 rings (SSSR count). The number of halogens is 2. The van der Waals surface area contributed by atoms with Crippen molar-refractivity contribution in [2.24, 2.45) is 5.73 Å². The summed E-state index contributed by atoms with van der Waals surface area (Å²) < 4.78 is 25.9. The normalized spacial score (nSPS) is 12.5. The number of aromatic hydroxyl groups is 1. The van der Waals surface area contributed by atoms with Crippen LogP contribution in [0.2, 0.25) is 0 Å². The fourth-order valence-corrected chi connectivity index (χ4v) is 1.06. The summed E-state index contributed by atoms with van der Waals surface area (Å²) in [6, 6.07) is 0.738. The van der Waals surface area contributed by atoms with Gasteiger partial charge in [-0.2, -0.15) is 4.39 Å². The number of carboxylic acids is 1. The van der Waals surface area contributed by atoms with E-state index < -0.39 is 29.4 Å². The Morgan fingerprint density at radius 1 is 1.40 bits per heavy atom. The first kappa shape index (κ1) is 11.4. The molecule has 1 aromatic rings. The lowest BCUT2D eigenvalue weighted by Gasteiger charge is -2.08. The van der Waals surface area contributed by atoms with E-state index in [2.05, 4.69) is 0 Å². The summed E-state index contributed by atoms with van der Waals surface area (Å²) in [5.74, 6) is -4.79. The highest BCUT2D eigenvalue weighted by molar-refractivity contribution is 5.73. The highest BCUT2D eigenvalue weighted by Crippen LogP contribution is 2.21. The summed E-state index contributed by atoms with van der Waals surface area (Å²) >= 11 is 0. The van der Waals surface area contributed by atoms with E-state index in [1.54, 1.807) is 0 Å². The van der Waals surface area contributed by atoms with Crippen LogP contribution in [0.3, 0.4) is 0 Å². The molecular formula is C9H9F2NO3. The highest BCUT2D eigenvalue weighted by Gasteiger charge is 2.18. The van der Waals surface area contributed by atoms with E-state index in [9.17, 15) is 13.6 Å². The number of carbonyl (C=O) groups is 1. The molecule has 0 unspecified atom stereocenters. The van der Waals surface area contributed by atoms with Gasteiger partial charge in [0.05, 0.1) is 0 Å². The molecule has 0 spiro atoms. The zero-order valence-electron chi connectivity index (χ0n) is 7.58. The van der Waals surface area contributed by atoms with Gasteiger partial charge in [-0.25, -0.2) is 4.39 Å². The van der Waals surface area contributed by atoms with Crippen molar-refractivity contribution in [2.45, 2.75) is 12.5 Å². The Kier molecular flexibility index (Phi) is 3.21. The predicted molar refractivity (Wildman–Crippen MR) is 47.3 cm³/mol. The number of aliphatic carboxylic acids is 1. The van der Waals surface area contributed by atoms with Crippen LogP contribution in [0.5, 0.6) is 5.75 Å². The average molecular weight is 217 g/mol. The third-order valence-electron chi connectivity index (χ3n) is 1.90. The van der Waals surface area contributed by atoms with Crippen molar-refractivity contribution >= 4 is 5.97 Å². The van der Waals surface area contributed by atoms with Gasteiger partial charge in [-0.3, -0.25) is 4.79 Å². The average Bonchev–Trinajstić information content (AvgIpc) is 2.18. The van der Waals surface area contributed by atoms with E-state index in [4.69, 9.17) is 15.9 Å². The second-order valence-corrected chi connectivity index (χ2v) is 3.02. The Balaban J connectivity index is 2.97. The molecule has 1 atom stereocenters. The second kappa shape index (κ2) is 4.22. The van der Waals surface area contributed by atoms with Crippen molar-refractivity contribution < 1.29 is 23.8 Å². The summed E-state index contributed by atoms with van der Waals surface area (Å²) in [4.78, 5) is 10.4. The third-order valence-corrected chi connectivity index (χ3v) is 1.90. The van der Waals surface area contributed by atoms with E-state index in [1.165, 1.54) is 0 Å². The quantitative estimate of drug-likeness (QED) is 0.693. The van der Waals surface area contributed by atoms with Crippen molar-refractivity contribution in [1.82, 2.24) is 0 Å². The second-order valence-electron chi connectivity index (χ2n) is 3.02. The number of phenols is 1. The lowest BCUT2D eigenvalue weighted by atomic mass is 10.1. The molecule has 82 valence electrons. The molecule has 0 amide bonds. The minimum atomic E-state index is -1.40. The number of phenolic OH excluding ortho intramolecular Hbond substituents is 1. The lowest BCUT2D eigenvalue weighted by Crippen LogP contribution is -2.32. The van der Waals surface area contributed by atoms with Crippen molar-refractivity contribution in [1.29, 1.82) is 0 Å². The Bertz CT molecular complexity index is 395. The van der Waals surface area contributed by atoms with E-state index in [0.717, 1.165) is 12.1 Å². The topological polar surface area (TPSA) is 83.5 Å². The lowest BCUT2D eigenvalue weighted by molar-refractivity contribution is -0.138. The number of nitrogens with two attached hydrogens (primary N) is 1. The van der Waals surface area contributed by atoms with Gasteiger partial charge >= 0.3 is 5.97 Å². The third kappa shape index (κ3) is 2.41. The molecule has 0 aliphatic carbocycles. The predicted octanol–water partition coefficient (Wildman–Crippen LogP) is 0.625. The van der Waals surface area contributed by atoms with Crippen molar-refractivity contribution in [3.8, 4) is 5.75 Å². The van der Waals surface area contributed by atoms with Crippen LogP contribution in [0.4, 0.5) is 8.78 Å². The molecule has 0 aliphatic heterocycles. The highest BCUT2D eigenvalue weighted by atomic mass is 19.2. The Morgan fingerprint density at radius 2 is 2.00 bits per heavy atom. The van der Waals surface area contributed by atoms with Crippen LogP contribution in [-0.4, -0.2) is 22.2 Å². The van der Waals surface area contributed by atoms with Gasteiger partial charge in [0.1, 0.15) is 6.04 Å². The molecule has 0 bridgehead atoms. The van der Waals surface area contributed by atoms with Crippen LogP contribution in [0, 0.1) is 11.6 Å². The molecule has 6 heteroatoms. The Hall–Kier alpha value is -1.69. The summed E-state index contributed by atoms with van der Waals surface area (Å²) in [6.45, 7) is 0. The van der Waals surface area contributed by atoms with Crippen LogP contribution >= 0.6 is 0 Å². The molecule has 15 heavy (non-hydrogen) atoms. The number of hydrogen-bond donors (Lipinski definition) is 3. The molecular weight excluding hydrogens is 208 g/mol. The summed E-state index contributed by atoms with van der Waals surface area (Å²) in [5.41, 5.74) is 4.97. The van der Waals surface area contributed by atoms with Crippen molar-refractivity contribution in [2.75, 3.05) is 0 Å². The number of carboxylic acid groups (broad SMARTS) is 1. The van der Waals surface area contributed by atoms with E-state index in [0.29, 0.717) is 0 Å². The summed E-state index contributed by atoms with van der Waals surface area (Å²) in [5, 5.41) is 17.3. The molecule has 1 aromatic carbocycles. The van der Waals surface area contributed by atoms with Crippen LogP contribution < -0.4 is 5.73 Å². The van der Waals surface area contributed by atoms with E-state index in [-0.39, 0.29) is 12.0 Å². The van der Waals surface area contributed by atoms with Crippen LogP contribution in [0.1, 0.15) is 5.56 Å². The van der Waals surface area contributed by atoms with Crippen LogP contribution in [-0.2, 0) is 11.2 Å². The molecule has 0 radical (unpaired) electrons. The molecule has 4 nitrogen and oxygen atoms in total. The van der Waals surface area contributed by atoms with Gasteiger partial charge in [-0.05, 0) is 11.6 Å². The minimum absolute atomic E-state index is 0.180. The zero-order valence-corrected chi connectivity index (χ0v) is 7.58. The zero-order chi connectivity index (χ0) is 11.6. The van der Waals surface area contributed by atoms with Crippen LogP contribution in [0.25, 0.3) is 0 Å². The molecule has 0 saturated heterocycles. The van der Waals surface area contributed by atoms with E-state index >= 15 is 0 Å². The van der Waals surface area contributed by atoms with Gasteiger partial charge in [0, 0.05) is 6.42 Å². The molecule has 0 heterocycles. The summed E-state index contributed by atoms with van der Waals surface area (Å²) in [6.07, 6.45) is -0.335. The first-order valence-corrected chi connectivity index (χ1v) is 4.07. The standard InChI is InChI=1S/C9H9F2NO3/c10-7-4(3-5(12)9(14)15)1-2-6(13)8(7)11/h1-2,5,13H,3,12H2,(H,14,15)/t5-/m0/s1. The van der Waals surface area contributed by atoms with E-state index in [1.807, 2.05) is 0 Å². The number of benzene rings is 1. The maximum atomic E-state index is 13.1. The molecule has 0 aliphatic rings. The maximum Gasteiger partial charge on any atom is 0.320 e. The van der Waals surface area contributed by atoms with Gasteiger partial charge < -0.3 is 15.9 Å². The van der Waals surface area contributed by atoms with Crippen LogP contribution in [0.15, 0.2) is 12.1 Å². The Morgan fingerprint density at radius 3 is 2.53 bits per heavy atom. The smallest absolute Gasteiger partial charge is 0.320 e. The number of rotatable bonds is 3. The van der Waals surface area contributed by atoms with Gasteiger partial charge in [-0.15, -0.1) is 0 Å². The maximum absolute atomic E-state index is 13.1. The van der Waals surface area contributed by atoms with Gasteiger partial charge in [0.2, 0.25) is 5.82 Å². The SMILES string of the molecule is N[C@@H](Cc1ccc(O)c(F)c1F)C(=O)O. The fraction of sp³-hybridized carbons (Fsp3) is 0.222. The monoisotopic (exact) mass is 217 g/mol. The van der Waals surface area contributed by atoms with Crippen molar-refractivity contribution in [3.63, 3.8) is 0 Å². The minimum Gasteiger partial charge on any atom is -0.505 e. The molecule has 0 saturated carbocycles. The molecule has 0 aromatic heterocycles. The van der Waals surface area contributed by atoms with Crippen molar-refractivity contribution in [3.05, 3.63) is 29.3 Å². The summed E-state index contributed by atoms with van der Waals surface area (Å²) in [7, 11) is 0. The first-order chi connectivity index (χ1) is 6.93. The van der Waals surface area contributed by atoms with Gasteiger partial charge in [-0.1, -0.05) is 6.07 Å². The largest absolute Gasteiger partial charge is 0.505 e. The Labute approximate surface area is 83.9 Å². The van der Waals surface area contributed by atoms with Gasteiger partial charge in [0.25, 0.3) is 0 Å². The fourth-order valence-electron chi connectivity index (χ4n) is 1.06. The molecule has 4 N–H and O–H groups in total.